The second-order valence-corrected chi connectivity index (χ2v) is 15.0. The molecule has 0 saturated heterocycles. The monoisotopic (exact) mass is 767 g/mol. The van der Waals surface area contributed by atoms with Gasteiger partial charge < -0.3 is 25.2 Å². The molecule has 0 aromatic carbocycles. The standard InChI is InChI=1S/C42H86O11/c1-3-5-7-9-11-13-15-17-19-21-23-25-27-29-31-33-35-47-52-50-41(39(45)37-43)49-42(40(46)38-44)51-53-48-36-34-32-30-28-26-24-22-20-18-16-14-12-10-8-6-4-2/h39-46H,3-38H2,1-2H3. The lowest BCUT2D eigenvalue weighted by atomic mass is 10.0. The van der Waals surface area contributed by atoms with Crippen LogP contribution in [0, 0.1) is 0 Å². The van der Waals surface area contributed by atoms with Crippen molar-refractivity contribution >= 4 is 0 Å². The van der Waals surface area contributed by atoms with E-state index >= 15 is 0 Å². The molecule has 53 heavy (non-hydrogen) atoms. The van der Waals surface area contributed by atoms with Crippen molar-refractivity contribution in [2.45, 2.75) is 244 Å². The average molecular weight is 767 g/mol. The third-order valence-electron chi connectivity index (χ3n) is 9.80. The fourth-order valence-corrected chi connectivity index (χ4v) is 6.28. The molecule has 0 bridgehead atoms. The van der Waals surface area contributed by atoms with Gasteiger partial charge in [-0.15, -0.1) is 0 Å². The van der Waals surface area contributed by atoms with Crippen LogP contribution in [0.4, 0.5) is 0 Å². The zero-order chi connectivity index (χ0) is 38.7. The van der Waals surface area contributed by atoms with Gasteiger partial charge in [0.1, 0.15) is 12.2 Å². The maximum Gasteiger partial charge on any atom is 0.225 e. The molecule has 11 nitrogen and oxygen atoms in total. The highest BCUT2D eigenvalue weighted by atomic mass is 17.5. The van der Waals surface area contributed by atoms with Crippen LogP contribution in [0.15, 0.2) is 0 Å². The van der Waals surface area contributed by atoms with E-state index in [9.17, 15) is 20.4 Å². The summed E-state index contributed by atoms with van der Waals surface area (Å²) < 4.78 is 5.36. The van der Waals surface area contributed by atoms with Crippen LogP contribution in [-0.4, -0.2) is 71.6 Å². The topological polar surface area (TPSA) is 146 Å². The maximum atomic E-state index is 10.1. The lowest BCUT2D eigenvalue weighted by molar-refractivity contribution is -0.588. The van der Waals surface area contributed by atoms with E-state index in [1.807, 2.05) is 0 Å². The number of aliphatic hydroxyl groups excluding tert-OH is 4. The quantitative estimate of drug-likeness (QED) is 0.0203. The van der Waals surface area contributed by atoms with E-state index in [0.717, 1.165) is 38.5 Å². The molecule has 0 aliphatic carbocycles. The molecule has 0 radical (unpaired) electrons. The third kappa shape index (κ3) is 38.2. The molecule has 11 heteroatoms. The van der Waals surface area contributed by atoms with Gasteiger partial charge in [0.2, 0.25) is 12.6 Å². The van der Waals surface area contributed by atoms with Gasteiger partial charge in [-0.1, -0.05) is 217 Å². The molecule has 0 aliphatic rings. The van der Waals surface area contributed by atoms with Crippen LogP contribution in [0.2, 0.25) is 0 Å². The number of hydrogen-bond donors (Lipinski definition) is 4. The fraction of sp³-hybridized carbons (Fsp3) is 1.00. The Morgan fingerprint density at radius 2 is 0.566 bits per heavy atom. The molecule has 0 amide bonds. The summed E-state index contributed by atoms with van der Waals surface area (Å²) in [6.45, 7) is 3.61. The first-order valence-corrected chi connectivity index (χ1v) is 22.2. The van der Waals surface area contributed by atoms with E-state index in [4.69, 9.17) is 34.4 Å². The zero-order valence-corrected chi connectivity index (χ0v) is 34.4. The molecule has 0 spiro atoms. The first-order chi connectivity index (χ1) is 26.1. The SMILES string of the molecule is CCCCCCCCCCCCCCCCCCOOOC(OC(OOOCCCCCCCCCCCCCCCCCC)C(O)CO)C(O)CO. The van der Waals surface area contributed by atoms with Crippen LogP contribution in [0.5, 0.6) is 0 Å². The minimum atomic E-state index is -1.61. The highest BCUT2D eigenvalue weighted by Crippen LogP contribution is 2.16. The normalized spacial score (nSPS) is 14.2. The number of unbranched alkanes of at least 4 members (excludes halogenated alkanes) is 30. The molecular weight excluding hydrogens is 680 g/mol. The van der Waals surface area contributed by atoms with Crippen molar-refractivity contribution in [1.82, 2.24) is 0 Å². The van der Waals surface area contributed by atoms with Crippen molar-refractivity contribution < 1.29 is 54.8 Å². The van der Waals surface area contributed by atoms with Gasteiger partial charge in [-0.2, -0.15) is 9.78 Å². The number of hydrogen-bond acceptors (Lipinski definition) is 11. The Bertz CT molecular complexity index is 621. The van der Waals surface area contributed by atoms with E-state index in [0.29, 0.717) is 0 Å². The molecule has 0 rings (SSSR count). The Morgan fingerprint density at radius 3 is 0.792 bits per heavy atom. The van der Waals surface area contributed by atoms with E-state index in [1.54, 1.807) is 0 Å². The number of rotatable bonds is 46. The largest absolute Gasteiger partial charge is 0.393 e. The van der Waals surface area contributed by atoms with Crippen LogP contribution in [-0.2, 0) is 34.4 Å². The number of ether oxygens (including phenoxy) is 1. The molecule has 4 unspecified atom stereocenters. The van der Waals surface area contributed by atoms with Gasteiger partial charge in [0.15, 0.2) is 0 Å². The van der Waals surface area contributed by atoms with E-state index in [2.05, 4.69) is 13.8 Å². The third-order valence-corrected chi connectivity index (χ3v) is 9.80. The highest BCUT2D eigenvalue weighted by Gasteiger charge is 2.31. The van der Waals surface area contributed by atoms with E-state index < -0.39 is 38.0 Å². The van der Waals surface area contributed by atoms with Gasteiger partial charge >= 0.3 is 0 Å². The summed E-state index contributed by atoms with van der Waals surface area (Å²) in [7, 11) is 0. The maximum absolute atomic E-state index is 10.1. The number of aliphatic hydroxyl groups is 4. The summed E-state index contributed by atoms with van der Waals surface area (Å²) in [6, 6.07) is 0. The van der Waals surface area contributed by atoms with Gasteiger partial charge in [0, 0.05) is 0 Å². The minimum Gasteiger partial charge on any atom is -0.393 e. The Kier molecular flexibility index (Phi) is 43.9. The lowest BCUT2D eigenvalue weighted by Crippen LogP contribution is -2.43. The zero-order valence-electron chi connectivity index (χ0n) is 34.4. The van der Waals surface area contributed by atoms with Crippen LogP contribution in [0.25, 0.3) is 0 Å². The molecule has 0 aromatic rings. The summed E-state index contributed by atoms with van der Waals surface area (Å²) >= 11 is 0. The smallest absolute Gasteiger partial charge is 0.225 e. The molecule has 0 heterocycles. The average Bonchev–Trinajstić information content (AvgIpc) is 3.17. The van der Waals surface area contributed by atoms with Crippen molar-refractivity contribution in [2.75, 3.05) is 26.4 Å². The summed E-state index contributed by atoms with van der Waals surface area (Å²) in [5, 5.41) is 48.5. The molecular formula is C42H86O11. The fourth-order valence-electron chi connectivity index (χ4n) is 6.28. The summed E-state index contributed by atoms with van der Waals surface area (Å²) in [5.74, 6) is 0. The molecule has 0 saturated carbocycles. The summed E-state index contributed by atoms with van der Waals surface area (Å²) in [6.07, 6.45) is 34.4. The Balaban J connectivity index is 3.84. The lowest BCUT2D eigenvalue weighted by Gasteiger charge is -2.26. The molecule has 0 aliphatic heterocycles. The van der Waals surface area contributed by atoms with Crippen LogP contribution in [0.3, 0.4) is 0 Å². The predicted octanol–water partition coefficient (Wildman–Crippen LogP) is 10.6. The minimum absolute atomic E-state index is 0.274. The molecule has 4 N–H and O–H groups in total. The first kappa shape index (κ1) is 52.6. The van der Waals surface area contributed by atoms with Crippen LogP contribution in [0.1, 0.15) is 219 Å². The first-order valence-electron chi connectivity index (χ1n) is 22.2. The molecule has 0 aromatic heterocycles. The Labute approximate surface area is 324 Å². The Morgan fingerprint density at radius 1 is 0.340 bits per heavy atom. The second kappa shape index (κ2) is 44.3. The van der Waals surface area contributed by atoms with E-state index in [1.165, 1.54) is 167 Å². The van der Waals surface area contributed by atoms with Crippen molar-refractivity contribution in [1.29, 1.82) is 0 Å². The van der Waals surface area contributed by atoms with Gasteiger partial charge in [0.05, 0.1) is 26.4 Å². The van der Waals surface area contributed by atoms with Gasteiger partial charge in [-0.3, -0.25) is 0 Å². The van der Waals surface area contributed by atoms with Crippen LogP contribution >= 0.6 is 0 Å². The molecule has 4 atom stereocenters. The van der Waals surface area contributed by atoms with Crippen LogP contribution < -0.4 is 0 Å². The Hall–Kier alpha value is -0.440. The van der Waals surface area contributed by atoms with Crippen molar-refractivity contribution in [3.05, 3.63) is 0 Å². The van der Waals surface area contributed by atoms with E-state index in [-0.39, 0.29) is 13.2 Å². The predicted molar refractivity (Wildman–Crippen MR) is 210 cm³/mol. The highest BCUT2D eigenvalue weighted by molar-refractivity contribution is 4.63. The van der Waals surface area contributed by atoms with Crippen molar-refractivity contribution in [3.63, 3.8) is 0 Å². The van der Waals surface area contributed by atoms with Crippen molar-refractivity contribution in [2.24, 2.45) is 0 Å². The summed E-state index contributed by atoms with van der Waals surface area (Å²) in [5.41, 5.74) is 0. The second-order valence-electron chi connectivity index (χ2n) is 15.0. The van der Waals surface area contributed by atoms with Gasteiger partial charge in [0.25, 0.3) is 0 Å². The summed E-state index contributed by atoms with van der Waals surface area (Å²) in [4.78, 5) is 20.0. The van der Waals surface area contributed by atoms with Gasteiger partial charge in [-0.05, 0) is 12.8 Å². The molecule has 320 valence electrons. The van der Waals surface area contributed by atoms with Crippen molar-refractivity contribution in [3.8, 4) is 0 Å². The van der Waals surface area contributed by atoms with Gasteiger partial charge in [-0.25, -0.2) is 9.78 Å². The molecule has 0 fully saturated rings.